The van der Waals surface area contributed by atoms with E-state index in [9.17, 15) is 5.11 Å². The van der Waals surface area contributed by atoms with Gasteiger partial charge >= 0.3 is 0 Å². The highest BCUT2D eigenvalue weighted by Crippen LogP contribution is 2.44. The number of aromatic hydroxyl groups is 1. The number of phenolic OH excluding ortho intramolecular Hbond substituents is 1. The predicted octanol–water partition coefficient (Wildman–Crippen LogP) is 5.21. The zero-order chi connectivity index (χ0) is 20.4. The van der Waals surface area contributed by atoms with Crippen LogP contribution in [0.25, 0.3) is 10.8 Å². The van der Waals surface area contributed by atoms with Crippen LogP contribution in [0.4, 0.5) is 0 Å². The molecule has 1 unspecified atom stereocenters. The zero-order valence-corrected chi connectivity index (χ0v) is 17.2. The third-order valence-corrected chi connectivity index (χ3v) is 5.99. The number of hydrogen-bond acceptors (Lipinski definition) is 6. The van der Waals surface area contributed by atoms with Gasteiger partial charge in [-0.3, -0.25) is 0 Å². The number of benzene rings is 3. The fraction of sp³-hybridized carbons (Fsp3) is 0.0909. The Kier molecular flexibility index (Phi) is 5.47. The van der Waals surface area contributed by atoms with Crippen molar-refractivity contribution in [3.05, 3.63) is 83.0 Å². The number of guanidine groups is 1. The molecule has 0 amide bonds. The highest BCUT2D eigenvalue weighted by molar-refractivity contribution is 7.99. The van der Waals surface area contributed by atoms with Gasteiger partial charge in [0, 0.05) is 15.5 Å². The minimum Gasteiger partial charge on any atom is -0.508 e. The molecule has 0 spiro atoms. The molecule has 3 aromatic rings. The monoisotopic (exact) mass is 422 g/mol. The number of nitrogens with two attached hydrogens (primary N) is 1. The van der Waals surface area contributed by atoms with E-state index in [4.69, 9.17) is 17.3 Å². The summed E-state index contributed by atoms with van der Waals surface area (Å²) in [5.74, 6) is 0.465. The number of phenols is 1. The number of aliphatic imine (C=N–C) groups is 1. The number of hydrazone groups is 1. The van der Waals surface area contributed by atoms with Crippen molar-refractivity contribution in [3.8, 4) is 5.75 Å². The summed E-state index contributed by atoms with van der Waals surface area (Å²) in [6.45, 7) is 1.86. The van der Waals surface area contributed by atoms with E-state index in [0.717, 1.165) is 26.9 Å². The molecule has 1 aliphatic heterocycles. The Morgan fingerprint density at radius 3 is 2.66 bits per heavy atom. The Morgan fingerprint density at radius 1 is 1.10 bits per heavy atom. The van der Waals surface area contributed by atoms with Gasteiger partial charge in [0.15, 0.2) is 0 Å². The standard InChI is InChI=1S/C22H19ClN4OS/c1-13-18(25-22(24)27-26-13)12-20(29-16-9-7-15(23)8-10-16)21-17-5-3-2-4-14(17)6-11-19(21)28/h2-12,20,28H,1H3,(H3,24,25,27)/b18-12+. The van der Waals surface area contributed by atoms with E-state index in [1.54, 1.807) is 17.8 Å². The molecule has 0 bridgehead atoms. The van der Waals surface area contributed by atoms with Gasteiger partial charge in [-0.1, -0.05) is 41.9 Å². The molecule has 0 aromatic heterocycles. The SMILES string of the molecule is CC1=NNC(N)=N/C1=C/C(Sc1ccc(Cl)cc1)c1c(O)ccc2ccccc12. The van der Waals surface area contributed by atoms with E-state index >= 15 is 0 Å². The lowest BCUT2D eigenvalue weighted by atomic mass is 10.00. The summed E-state index contributed by atoms with van der Waals surface area (Å²) in [5, 5.41) is 17.5. The van der Waals surface area contributed by atoms with Gasteiger partial charge in [0.25, 0.3) is 0 Å². The lowest BCUT2D eigenvalue weighted by molar-refractivity contribution is 0.470. The van der Waals surface area contributed by atoms with Crippen LogP contribution >= 0.6 is 23.4 Å². The second-order valence-corrected chi connectivity index (χ2v) is 8.22. The van der Waals surface area contributed by atoms with Crippen molar-refractivity contribution in [2.75, 3.05) is 0 Å². The maximum atomic E-state index is 10.8. The molecule has 29 heavy (non-hydrogen) atoms. The van der Waals surface area contributed by atoms with Crippen molar-refractivity contribution >= 4 is 45.8 Å². The normalized spacial score (nSPS) is 16.3. The average Bonchev–Trinajstić information content (AvgIpc) is 2.72. The molecule has 5 nitrogen and oxygen atoms in total. The molecule has 0 radical (unpaired) electrons. The van der Waals surface area contributed by atoms with Crippen molar-refractivity contribution < 1.29 is 5.11 Å². The van der Waals surface area contributed by atoms with Crippen molar-refractivity contribution in [1.82, 2.24) is 5.43 Å². The smallest absolute Gasteiger partial charge is 0.214 e. The quantitative estimate of drug-likeness (QED) is 0.504. The van der Waals surface area contributed by atoms with E-state index in [1.807, 2.05) is 67.6 Å². The summed E-state index contributed by atoms with van der Waals surface area (Å²) in [5.41, 5.74) is 10.7. The first-order chi connectivity index (χ1) is 14.0. The van der Waals surface area contributed by atoms with E-state index in [-0.39, 0.29) is 17.0 Å². The third-order valence-electron chi connectivity index (χ3n) is 4.57. The summed E-state index contributed by atoms with van der Waals surface area (Å²) in [6, 6.07) is 19.3. The van der Waals surface area contributed by atoms with Gasteiger partial charge in [0.1, 0.15) is 5.75 Å². The van der Waals surface area contributed by atoms with Crippen LogP contribution in [0.1, 0.15) is 17.7 Å². The van der Waals surface area contributed by atoms with Crippen molar-refractivity contribution in [3.63, 3.8) is 0 Å². The van der Waals surface area contributed by atoms with Crippen molar-refractivity contribution in [2.24, 2.45) is 15.8 Å². The number of thioether (sulfide) groups is 1. The largest absolute Gasteiger partial charge is 0.508 e. The Labute approximate surface area is 178 Å². The highest BCUT2D eigenvalue weighted by atomic mass is 35.5. The maximum absolute atomic E-state index is 10.8. The summed E-state index contributed by atoms with van der Waals surface area (Å²) in [4.78, 5) is 5.41. The van der Waals surface area contributed by atoms with Gasteiger partial charge in [0.05, 0.1) is 16.7 Å². The van der Waals surface area contributed by atoms with Crippen LogP contribution in [0, 0.1) is 0 Å². The first kappa shape index (κ1) is 19.4. The van der Waals surface area contributed by atoms with Gasteiger partial charge in [-0.05, 0) is 54.1 Å². The van der Waals surface area contributed by atoms with Crippen LogP contribution in [-0.4, -0.2) is 16.8 Å². The van der Waals surface area contributed by atoms with Crippen LogP contribution in [0.3, 0.4) is 0 Å². The molecule has 4 N–H and O–H groups in total. The molecule has 146 valence electrons. The van der Waals surface area contributed by atoms with Crippen LogP contribution in [0.15, 0.2) is 87.4 Å². The number of halogens is 1. The molecule has 1 atom stereocenters. The van der Waals surface area contributed by atoms with Gasteiger partial charge in [-0.15, -0.1) is 11.8 Å². The van der Waals surface area contributed by atoms with Crippen LogP contribution in [-0.2, 0) is 0 Å². The average molecular weight is 423 g/mol. The number of fused-ring (bicyclic) bond motifs is 1. The molecular weight excluding hydrogens is 404 g/mol. The molecule has 0 saturated carbocycles. The van der Waals surface area contributed by atoms with Crippen LogP contribution < -0.4 is 11.2 Å². The Hall–Kier alpha value is -2.96. The Balaban J connectivity index is 1.87. The van der Waals surface area contributed by atoms with Crippen LogP contribution in [0.2, 0.25) is 5.02 Å². The maximum Gasteiger partial charge on any atom is 0.214 e. The molecule has 3 aromatic carbocycles. The zero-order valence-electron chi connectivity index (χ0n) is 15.6. The lowest BCUT2D eigenvalue weighted by Gasteiger charge is -2.19. The van der Waals surface area contributed by atoms with E-state index in [2.05, 4.69) is 15.5 Å². The molecule has 0 aliphatic carbocycles. The molecule has 1 heterocycles. The van der Waals surface area contributed by atoms with Gasteiger partial charge in [-0.2, -0.15) is 5.10 Å². The Morgan fingerprint density at radius 2 is 1.86 bits per heavy atom. The fourth-order valence-electron chi connectivity index (χ4n) is 3.15. The summed E-state index contributed by atoms with van der Waals surface area (Å²) >= 11 is 7.64. The predicted molar refractivity (Wildman–Crippen MR) is 122 cm³/mol. The summed E-state index contributed by atoms with van der Waals surface area (Å²) in [6.07, 6.45) is 1.98. The van der Waals surface area contributed by atoms with Gasteiger partial charge < -0.3 is 10.8 Å². The topological polar surface area (TPSA) is 83.0 Å². The summed E-state index contributed by atoms with van der Waals surface area (Å²) < 4.78 is 0. The molecule has 1 aliphatic rings. The lowest BCUT2D eigenvalue weighted by Crippen LogP contribution is -2.31. The summed E-state index contributed by atoms with van der Waals surface area (Å²) in [7, 11) is 0. The minimum absolute atomic E-state index is 0.225. The number of hydrogen-bond donors (Lipinski definition) is 3. The van der Waals surface area contributed by atoms with E-state index in [0.29, 0.717) is 10.7 Å². The number of nitrogens with zero attached hydrogens (tertiary/aromatic N) is 2. The number of rotatable bonds is 4. The molecule has 7 heteroatoms. The minimum atomic E-state index is -0.225. The Bertz CT molecular complexity index is 1160. The molecule has 4 rings (SSSR count). The third kappa shape index (κ3) is 4.23. The fourth-order valence-corrected chi connectivity index (χ4v) is 4.43. The van der Waals surface area contributed by atoms with Crippen molar-refractivity contribution in [2.45, 2.75) is 17.1 Å². The van der Waals surface area contributed by atoms with Gasteiger partial charge in [-0.25, -0.2) is 10.4 Å². The van der Waals surface area contributed by atoms with E-state index in [1.165, 1.54) is 0 Å². The highest BCUT2D eigenvalue weighted by Gasteiger charge is 2.21. The first-order valence-electron chi connectivity index (χ1n) is 9.01. The molecule has 0 saturated heterocycles. The number of allylic oxidation sites excluding steroid dienone is 1. The van der Waals surface area contributed by atoms with E-state index < -0.39 is 0 Å². The molecule has 0 fully saturated rings. The van der Waals surface area contributed by atoms with Crippen molar-refractivity contribution in [1.29, 1.82) is 0 Å². The first-order valence-corrected chi connectivity index (χ1v) is 10.3. The van der Waals surface area contributed by atoms with Crippen LogP contribution in [0.5, 0.6) is 5.75 Å². The second-order valence-electron chi connectivity index (χ2n) is 6.57. The molecular formula is C22H19ClN4OS. The van der Waals surface area contributed by atoms with Gasteiger partial charge in [0.2, 0.25) is 5.96 Å². The number of nitrogens with one attached hydrogen (secondary N) is 1. The second kappa shape index (κ2) is 8.19.